The predicted octanol–water partition coefficient (Wildman–Crippen LogP) is 2.61. The van der Waals surface area contributed by atoms with Gasteiger partial charge < -0.3 is 11.1 Å². The summed E-state index contributed by atoms with van der Waals surface area (Å²) in [6, 6.07) is 7.60. The number of carbonyl (C=O) groups is 1. The average Bonchev–Trinajstić information content (AvgIpc) is 2.45. The molecule has 1 aromatic carbocycles. The molecule has 1 amide bonds. The normalized spacial score (nSPS) is 11.2. The molecule has 3 N–H and O–H groups in total. The lowest BCUT2D eigenvalue weighted by molar-refractivity contribution is -0.137. The van der Waals surface area contributed by atoms with Gasteiger partial charge in [0.1, 0.15) is 5.69 Å². The van der Waals surface area contributed by atoms with Gasteiger partial charge in [-0.05, 0) is 29.8 Å². The summed E-state index contributed by atoms with van der Waals surface area (Å²) in [5.74, 6) is -0.421. The summed E-state index contributed by atoms with van der Waals surface area (Å²) >= 11 is 0. The third-order valence-electron chi connectivity index (χ3n) is 2.75. The van der Waals surface area contributed by atoms with Gasteiger partial charge in [-0.1, -0.05) is 12.1 Å². The number of hydrogen-bond donors (Lipinski definition) is 2. The van der Waals surface area contributed by atoms with Crippen molar-refractivity contribution in [2.45, 2.75) is 12.7 Å². The number of nitrogens with zero attached hydrogens (tertiary/aromatic N) is 1. The molecule has 0 aliphatic heterocycles. The first kappa shape index (κ1) is 14.8. The summed E-state index contributed by atoms with van der Waals surface area (Å²) < 4.78 is 37.2. The van der Waals surface area contributed by atoms with Gasteiger partial charge in [-0.2, -0.15) is 13.2 Å². The fraction of sp³-hybridized carbons (Fsp3) is 0.143. The van der Waals surface area contributed by atoms with Gasteiger partial charge in [0.15, 0.2) is 0 Å². The SMILES string of the molecule is Nc1ccc(C(=O)NCc2ccc(C(F)(F)F)cc2)nc1. The van der Waals surface area contributed by atoms with Gasteiger partial charge >= 0.3 is 6.18 Å². The van der Waals surface area contributed by atoms with Crippen LogP contribution < -0.4 is 11.1 Å². The van der Waals surface area contributed by atoms with E-state index in [1.165, 1.54) is 24.4 Å². The van der Waals surface area contributed by atoms with E-state index < -0.39 is 17.6 Å². The Hall–Kier alpha value is -2.57. The number of nitrogens with two attached hydrogens (primary N) is 1. The highest BCUT2D eigenvalue weighted by atomic mass is 19.4. The van der Waals surface area contributed by atoms with Crippen molar-refractivity contribution in [3.05, 3.63) is 59.4 Å². The van der Waals surface area contributed by atoms with Crippen LogP contribution in [0.2, 0.25) is 0 Å². The van der Waals surface area contributed by atoms with Crippen molar-refractivity contribution < 1.29 is 18.0 Å². The van der Waals surface area contributed by atoms with E-state index in [1.54, 1.807) is 6.07 Å². The maximum absolute atomic E-state index is 12.4. The number of halogens is 3. The largest absolute Gasteiger partial charge is 0.416 e. The van der Waals surface area contributed by atoms with Crippen LogP contribution in [0.25, 0.3) is 0 Å². The molecule has 0 saturated heterocycles. The van der Waals surface area contributed by atoms with Gasteiger partial charge in [-0.15, -0.1) is 0 Å². The second-order valence-corrected chi connectivity index (χ2v) is 4.35. The molecule has 0 aliphatic rings. The van der Waals surface area contributed by atoms with Gasteiger partial charge in [-0.25, -0.2) is 4.98 Å². The zero-order chi connectivity index (χ0) is 15.5. The topological polar surface area (TPSA) is 68.0 Å². The highest BCUT2D eigenvalue weighted by Crippen LogP contribution is 2.29. The molecule has 7 heteroatoms. The fourth-order valence-electron chi connectivity index (χ4n) is 1.62. The Bertz CT molecular complexity index is 621. The lowest BCUT2D eigenvalue weighted by Gasteiger charge is -2.08. The standard InChI is InChI=1S/C14H12F3N3O/c15-14(16,17)10-3-1-9(2-4-10)7-20-13(21)12-6-5-11(18)8-19-12/h1-6,8H,7,18H2,(H,20,21). The number of carbonyl (C=O) groups excluding carboxylic acids is 1. The summed E-state index contributed by atoms with van der Waals surface area (Å²) in [6.07, 6.45) is -3.01. The number of alkyl halides is 3. The van der Waals surface area contributed by atoms with Crippen molar-refractivity contribution in [2.75, 3.05) is 5.73 Å². The van der Waals surface area contributed by atoms with Crippen molar-refractivity contribution in [3.8, 4) is 0 Å². The van der Waals surface area contributed by atoms with Crippen LogP contribution >= 0.6 is 0 Å². The number of pyridine rings is 1. The monoisotopic (exact) mass is 295 g/mol. The van der Waals surface area contributed by atoms with E-state index in [4.69, 9.17) is 5.73 Å². The highest BCUT2D eigenvalue weighted by molar-refractivity contribution is 5.92. The van der Waals surface area contributed by atoms with E-state index in [0.29, 0.717) is 11.3 Å². The molecular formula is C14H12F3N3O. The Kier molecular flexibility index (Phi) is 4.11. The number of nitrogens with one attached hydrogen (secondary N) is 1. The van der Waals surface area contributed by atoms with E-state index in [2.05, 4.69) is 10.3 Å². The van der Waals surface area contributed by atoms with Gasteiger partial charge in [0, 0.05) is 6.54 Å². The van der Waals surface area contributed by atoms with Crippen LogP contribution in [0, 0.1) is 0 Å². The Labute approximate surface area is 118 Å². The van der Waals surface area contributed by atoms with Gasteiger partial charge in [-0.3, -0.25) is 4.79 Å². The first-order valence-electron chi connectivity index (χ1n) is 6.02. The molecule has 0 spiro atoms. The minimum absolute atomic E-state index is 0.114. The molecular weight excluding hydrogens is 283 g/mol. The van der Waals surface area contributed by atoms with E-state index in [1.807, 2.05) is 0 Å². The molecule has 1 heterocycles. The molecule has 0 unspecified atom stereocenters. The maximum atomic E-state index is 12.4. The van der Waals surface area contributed by atoms with Gasteiger partial charge in [0.2, 0.25) is 0 Å². The first-order chi connectivity index (χ1) is 9.86. The van der Waals surface area contributed by atoms with Crippen molar-refractivity contribution in [1.82, 2.24) is 10.3 Å². The van der Waals surface area contributed by atoms with Crippen LogP contribution in [0.4, 0.5) is 18.9 Å². The molecule has 2 rings (SSSR count). The van der Waals surface area contributed by atoms with Gasteiger partial charge in [0.25, 0.3) is 5.91 Å². The number of anilines is 1. The Morgan fingerprint density at radius 3 is 2.33 bits per heavy atom. The van der Waals surface area contributed by atoms with Crippen LogP contribution in [-0.2, 0) is 12.7 Å². The molecule has 4 nitrogen and oxygen atoms in total. The maximum Gasteiger partial charge on any atom is 0.416 e. The Balaban J connectivity index is 1.97. The quantitative estimate of drug-likeness (QED) is 0.914. The minimum atomic E-state index is -4.37. The fourth-order valence-corrected chi connectivity index (χ4v) is 1.62. The lowest BCUT2D eigenvalue weighted by Crippen LogP contribution is -2.23. The summed E-state index contributed by atoms with van der Waals surface area (Å²) in [5.41, 5.74) is 5.92. The van der Waals surface area contributed by atoms with E-state index in [0.717, 1.165) is 12.1 Å². The van der Waals surface area contributed by atoms with Crippen LogP contribution in [0.3, 0.4) is 0 Å². The number of benzene rings is 1. The third kappa shape index (κ3) is 3.95. The van der Waals surface area contributed by atoms with Crippen molar-refractivity contribution >= 4 is 11.6 Å². The minimum Gasteiger partial charge on any atom is -0.397 e. The first-order valence-corrected chi connectivity index (χ1v) is 6.02. The lowest BCUT2D eigenvalue weighted by atomic mass is 10.1. The highest BCUT2D eigenvalue weighted by Gasteiger charge is 2.29. The van der Waals surface area contributed by atoms with Crippen LogP contribution in [0.15, 0.2) is 42.6 Å². The zero-order valence-electron chi connectivity index (χ0n) is 10.8. The molecule has 0 radical (unpaired) electrons. The molecule has 0 aliphatic carbocycles. The number of amides is 1. The third-order valence-corrected chi connectivity index (χ3v) is 2.75. The Morgan fingerprint density at radius 1 is 1.14 bits per heavy atom. The van der Waals surface area contributed by atoms with Crippen LogP contribution in [0.5, 0.6) is 0 Å². The predicted molar refractivity (Wildman–Crippen MR) is 71.3 cm³/mol. The summed E-state index contributed by atoms with van der Waals surface area (Å²) in [7, 11) is 0. The zero-order valence-corrected chi connectivity index (χ0v) is 10.8. The second-order valence-electron chi connectivity index (χ2n) is 4.35. The van der Waals surface area contributed by atoms with Crippen molar-refractivity contribution in [2.24, 2.45) is 0 Å². The number of nitrogen functional groups attached to an aromatic ring is 1. The van der Waals surface area contributed by atoms with Crippen molar-refractivity contribution in [1.29, 1.82) is 0 Å². The van der Waals surface area contributed by atoms with Gasteiger partial charge in [0.05, 0.1) is 17.4 Å². The molecule has 0 atom stereocenters. The van der Waals surface area contributed by atoms with E-state index >= 15 is 0 Å². The molecule has 110 valence electrons. The molecule has 0 bridgehead atoms. The summed E-state index contributed by atoms with van der Waals surface area (Å²) in [6.45, 7) is 0.114. The molecule has 1 aromatic heterocycles. The van der Waals surface area contributed by atoms with Crippen LogP contribution in [-0.4, -0.2) is 10.9 Å². The number of rotatable bonds is 3. The molecule has 0 fully saturated rings. The molecule has 2 aromatic rings. The smallest absolute Gasteiger partial charge is 0.397 e. The number of aromatic nitrogens is 1. The average molecular weight is 295 g/mol. The van der Waals surface area contributed by atoms with Crippen LogP contribution in [0.1, 0.15) is 21.6 Å². The van der Waals surface area contributed by atoms with Crippen molar-refractivity contribution in [3.63, 3.8) is 0 Å². The summed E-state index contributed by atoms with van der Waals surface area (Å²) in [5, 5.41) is 2.57. The second kappa shape index (κ2) is 5.82. The van der Waals surface area contributed by atoms with E-state index in [-0.39, 0.29) is 12.2 Å². The summed E-state index contributed by atoms with van der Waals surface area (Å²) in [4.78, 5) is 15.6. The Morgan fingerprint density at radius 2 is 1.81 bits per heavy atom. The molecule has 21 heavy (non-hydrogen) atoms. The molecule has 0 saturated carbocycles. The van der Waals surface area contributed by atoms with E-state index in [9.17, 15) is 18.0 Å². The number of hydrogen-bond acceptors (Lipinski definition) is 3.